The second-order valence-electron chi connectivity index (χ2n) is 8.46. The van der Waals surface area contributed by atoms with Gasteiger partial charge in [0.05, 0.1) is 28.3 Å². The second kappa shape index (κ2) is 6.95. The molecule has 2 unspecified atom stereocenters. The first-order valence-electron chi connectivity index (χ1n) is 10.4. The van der Waals surface area contributed by atoms with E-state index in [2.05, 4.69) is 35.1 Å². The van der Waals surface area contributed by atoms with Gasteiger partial charge >= 0.3 is 0 Å². The standard InChI is InChI=1S/C23H26N6O/c1-14-9-27(10-15(2)24-14)19-5-6-22-26-20(8-23(30)29(22)13-19)18-7-21-17(4)25-16(3)11-28(21)12-18/h5-8,11-15,24H,9-10H2,1-4H3. The normalized spacial score (nSPS) is 19.7. The topological polar surface area (TPSA) is 66.9 Å². The Morgan fingerprint density at radius 2 is 1.77 bits per heavy atom. The molecule has 0 saturated carbocycles. The Hall–Kier alpha value is -3.19. The molecule has 0 amide bonds. The quantitative estimate of drug-likeness (QED) is 0.559. The summed E-state index contributed by atoms with van der Waals surface area (Å²) in [4.78, 5) is 24.6. The number of fused-ring (bicyclic) bond motifs is 2. The van der Waals surface area contributed by atoms with Gasteiger partial charge in [-0.15, -0.1) is 0 Å². The third-order valence-electron chi connectivity index (χ3n) is 5.75. The van der Waals surface area contributed by atoms with E-state index in [-0.39, 0.29) is 5.56 Å². The molecule has 1 fully saturated rings. The van der Waals surface area contributed by atoms with Crippen molar-refractivity contribution in [1.29, 1.82) is 0 Å². The summed E-state index contributed by atoms with van der Waals surface area (Å²) in [7, 11) is 0. The number of hydrogen-bond acceptors (Lipinski definition) is 5. The summed E-state index contributed by atoms with van der Waals surface area (Å²) < 4.78 is 3.69. The number of aryl methyl sites for hydroxylation is 2. The number of nitrogens with zero attached hydrogens (tertiary/aromatic N) is 5. The molecule has 4 aromatic rings. The summed E-state index contributed by atoms with van der Waals surface area (Å²) in [6.45, 7) is 10.2. The summed E-state index contributed by atoms with van der Waals surface area (Å²) in [5.74, 6) is 0. The summed E-state index contributed by atoms with van der Waals surface area (Å²) in [6.07, 6.45) is 5.90. The molecule has 1 N–H and O–H groups in total. The number of hydrogen-bond donors (Lipinski definition) is 1. The van der Waals surface area contributed by atoms with Gasteiger partial charge < -0.3 is 14.6 Å². The van der Waals surface area contributed by atoms with Crippen LogP contribution in [0.3, 0.4) is 0 Å². The summed E-state index contributed by atoms with van der Waals surface area (Å²) in [5, 5.41) is 3.54. The van der Waals surface area contributed by atoms with E-state index in [0.717, 1.165) is 41.2 Å². The Morgan fingerprint density at radius 1 is 1.00 bits per heavy atom. The fourth-order valence-electron chi connectivity index (χ4n) is 4.53. The fraction of sp³-hybridized carbons (Fsp3) is 0.348. The molecule has 0 spiro atoms. The minimum atomic E-state index is -0.0747. The largest absolute Gasteiger partial charge is 0.367 e. The molecule has 5 heterocycles. The van der Waals surface area contributed by atoms with Crippen LogP contribution in [0.1, 0.15) is 25.2 Å². The van der Waals surface area contributed by atoms with Gasteiger partial charge in [0.2, 0.25) is 0 Å². The minimum absolute atomic E-state index is 0.0747. The lowest BCUT2D eigenvalue weighted by atomic mass is 10.1. The molecular weight excluding hydrogens is 376 g/mol. The zero-order valence-electron chi connectivity index (χ0n) is 17.8. The maximum Gasteiger partial charge on any atom is 0.258 e. The second-order valence-corrected chi connectivity index (χ2v) is 8.46. The molecule has 154 valence electrons. The van der Waals surface area contributed by atoms with Crippen LogP contribution in [0.2, 0.25) is 0 Å². The monoisotopic (exact) mass is 402 g/mol. The molecule has 0 bridgehead atoms. The molecule has 5 rings (SSSR count). The molecule has 1 saturated heterocycles. The minimum Gasteiger partial charge on any atom is -0.367 e. The first kappa shape index (κ1) is 18.8. The molecule has 2 atom stereocenters. The van der Waals surface area contributed by atoms with Crippen LogP contribution < -0.4 is 15.8 Å². The van der Waals surface area contributed by atoms with Crippen molar-refractivity contribution in [2.75, 3.05) is 18.0 Å². The molecule has 0 aliphatic carbocycles. The van der Waals surface area contributed by atoms with Crippen molar-refractivity contribution in [2.24, 2.45) is 0 Å². The molecule has 0 radical (unpaired) electrons. The third-order valence-corrected chi connectivity index (χ3v) is 5.75. The molecular formula is C23H26N6O. The molecule has 4 aromatic heterocycles. The van der Waals surface area contributed by atoms with Gasteiger partial charge in [-0.2, -0.15) is 0 Å². The molecule has 1 aliphatic heterocycles. The number of pyridine rings is 1. The highest BCUT2D eigenvalue weighted by Gasteiger charge is 2.21. The van der Waals surface area contributed by atoms with Crippen LogP contribution in [-0.4, -0.2) is 43.9 Å². The van der Waals surface area contributed by atoms with E-state index in [4.69, 9.17) is 4.98 Å². The van der Waals surface area contributed by atoms with Crippen molar-refractivity contribution in [2.45, 2.75) is 39.8 Å². The lowest BCUT2D eigenvalue weighted by Crippen LogP contribution is -2.54. The fourth-order valence-corrected chi connectivity index (χ4v) is 4.53. The van der Waals surface area contributed by atoms with E-state index < -0.39 is 0 Å². The van der Waals surface area contributed by atoms with Crippen molar-refractivity contribution in [3.8, 4) is 11.3 Å². The van der Waals surface area contributed by atoms with Crippen molar-refractivity contribution in [1.82, 2.24) is 24.1 Å². The predicted molar refractivity (Wildman–Crippen MR) is 119 cm³/mol. The smallest absolute Gasteiger partial charge is 0.258 e. The Labute approximate surface area is 175 Å². The number of nitrogens with one attached hydrogen (secondary N) is 1. The first-order valence-corrected chi connectivity index (χ1v) is 10.4. The van der Waals surface area contributed by atoms with E-state index in [1.165, 1.54) is 0 Å². The molecule has 1 aliphatic rings. The number of rotatable bonds is 2. The third kappa shape index (κ3) is 3.25. The van der Waals surface area contributed by atoms with Gasteiger partial charge in [0.25, 0.3) is 5.56 Å². The molecule has 7 heteroatoms. The van der Waals surface area contributed by atoms with E-state index in [9.17, 15) is 4.79 Å². The van der Waals surface area contributed by atoms with Crippen LogP contribution in [0.15, 0.2) is 47.7 Å². The lowest BCUT2D eigenvalue weighted by molar-refractivity contribution is 0.407. The van der Waals surface area contributed by atoms with E-state index in [1.54, 1.807) is 10.5 Å². The lowest BCUT2D eigenvalue weighted by Gasteiger charge is -2.37. The zero-order valence-corrected chi connectivity index (χ0v) is 17.8. The highest BCUT2D eigenvalue weighted by molar-refractivity contribution is 5.70. The number of anilines is 1. The van der Waals surface area contributed by atoms with E-state index >= 15 is 0 Å². The van der Waals surface area contributed by atoms with Crippen molar-refractivity contribution in [3.63, 3.8) is 0 Å². The van der Waals surface area contributed by atoms with Gasteiger partial charge in [0, 0.05) is 55.4 Å². The average molecular weight is 403 g/mol. The average Bonchev–Trinajstić information content (AvgIpc) is 3.11. The molecule has 0 aromatic carbocycles. The van der Waals surface area contributed by atoms with E-state index in [0.29, 0.717) is 23.4 Å². The highest BCUT2D eigenvalue weighted by atomic mass is 16.1. The summed E-state index contributed by atoms with van der Waals surface area (Å²) >= 11 is 0. The maximum atomic E-state index is 12.9. The molecule has 30 heavy (non-hydrogen) atoms. The SMILES string of the molecule is Cc1cn2cc(-c3cc(=O)n4cc(N5CC(C)NC(C)C5)ccc4n3)cc2c(C)n1. The first-order chi connectivity index (χ1) is 14.4. The van der Waals surface area contributed by atoms with Gasteiger partial charge in [-0.05, 0) is 45.9 Å². The van der Waals surface area contributed by atoms with Crippen LogP contribution in [0.25, 0.3) is 22.4 Å². The zero-order chi connectivity index (χ0) is 21.0. The van der Waals surface area contributed by atoms with Crippen molar-refractivity contribution in [3.05, 3.63) is 64.6 Å². The van der Waals surface area contributed by atoms with Gasteiger partial charge in [-0.1, -0.05) is 0 Å². The Bertz CT molecular complexity index is 1310. The Kier molecular flexibility index (Phi) is 4.36. The van der Waals surface area contributed by atoms with Crippen LogP contribution in [0.4, 0.5) is 5.69 Å². The number of aromatic nitrogens is 4. The van der Waals surface area contributed by atoms with Crippen molar-refractivity contribution < 1.29 is 0 Å². The van der Waals surface area contributed by atoms with Crippen LogP contribution in [-0.2, 0) is 0 Å². The van der Waals surface area contributed by atoms with Crippen LogP contribution in [0.5, 0.6) is 0 Å². The maximum absolute atomic E-state index is 12.9. The van der Waals surface area contributed by atoms with Gasteiger partial charge in [0.15, 0.2) is 0 Å². The molecule has 7 nitrogen and oxygen atoms in total. The Morgan fingerprint density at radius 3 is 2.53 bits per heavy atom. The van der Waals surface area contributed by atoms with E-state index in [1.807, 2.05) is 49.0 Å². The Balaban J connectivity index is 1.56. The highest BCUT2D eigenvalue weighted by Crippen LogP contribution is 2.23. The van der Waals surface area contributed by atoms with Gasteiger partial charge in [-0.3, -0.25) is 14.2 Å². The summed E-state index contributed by atoms with van der Waals surface area (Å²) in [6, 6.07) is 8.47. The number of piperazine rings is 1. The van der Waals surface area contributed by atoms with Crippen molar-refractivity contribution >= 4 is 16.9 Å². The van der Waals surface area contributed by atoms with Crippen LogP contribution >= 0.6 is 0 Å². The summed E-state index contributed by atoms with van der Waals surface area (Å²) in [5.41, 5.74) is 6.16. The van der Waals surface area contributed by atoms with Crippen LogP contribution in [0, 0.1) is 13.8 Å². The van der Waals surface area contributed by atoms with Gasteiger partial charge in [0.1, 0.15) is 5.65 Å². The van der Waals surface area contributed by atoms with Gasteiger partial charge in [-0.25, -0.2) is 4.98 Å². The predicted octanol–water partition coefficient (Wildman–Crippen LogP) is 2.81.